The summed E-state index contributed by atoms with van der Waals surface area (Å²) in [6, 6.07) is 7.11. The summed E-state index contributed by atoms with van der Waals surface area (Å²) in [5.41, 5.74) is 10.7. The SMILES string of the molecule is CCCc1c(C(=O)N/N=C(\C)c2cccc(NC(C)=O)c2)nnn1-c1nonc1N. The third-order valence-corrected chi connectivity index (χ3v) is 4.09. The van der Waals surface area contributed by atoms with Crippen LogP contribution in [0, 0.1) is 0 Å². The van der Waals surface area contributed by atoms with E-state index in [4.69, 9.17) is 5.73 Å². The van der Waals surface area contributed by atoms with Crippen LogP contribution in [0.2, 0.25) is 0 Å². The molecule has 0 atom stereocenters. The number of nitrogens with two attached hydrogens (primary N) is 1. The van der Waals surface area contributed by atoms with Gasteiger partial charge in [0.15, 0.2) is 5.69 Å². The standard InChI is InChI=1S/C18H21N9O3/c1-4-6-14-15(22-26-27(14)17-16(19)24-30-25-17)18(29)23-21-10(2)12-7-5-8-13(9-12)20-11(3)28/h5,7-9H,4,6H2,1-3H3,(H2,19,24)(H,20,28)(H,23,29)/b21-10+. The van der Waals surface area contributed by atoms with Crippen molar-refractivity contribution < 1.29 is 14.2 Å². The number of hydrazone groups is 1. The molecule has 156 valence electrons. The molecular weight excluding hydrogens is 390 g/mol. The summed E-state index contributed by atoms with van der Waals surface area (Å²) in [7, 11) is 0. The van der Waals surface area contributed by atoms with E-state index in [1.807, 2.05) is 13.0 Å². The number of benzene rings is 1. The first-order valence-electron chi connectivity index (χ1n) is 9.16. The third-order valence-electron chi connectivity index (χ3n) is 4.09. The molecule has 0 saturated heterocycles. The molecule has 0 aliphatic rings. The van der Waals surface area contributed by atoms with E-state index >= 15 is 0 Å². The van der Waals surface area contributed by atoms with Gasteiger partial charge in [0.1, 0.15) is 0 Å². The van der Waals surface area contributed by atoms with Gasteiger partial charge in [0.2, 0.25) is 17.5 Å². The average molecular weight is 411 g/mol. The Hall–Kier alpha value is -4.09. The summed E-state index contributed by atoms with van der Waals surface area (Å²) in [5, 5.41) is 22.0. The predicted molar refractivity (Wildman–Crippen MR) is 108 cm³/mol. The van der Waals surface area contributed by atoms with Gasteiger partial charge in [-0.2, -0.15) is 9.78 Å². The van der Waals surface area contributed by atoms with Gasteiger partial charge in [-0.25, -0.2) is 10.1 Å². The summed E-state index contributed by atoms with van der Waals surface area (Å²) in [6.07, 6.45) is 1.24. The van der Waals surface area contributed by atoms with E-state index in [1.54, 1.807) is 25.1 Å². The van der Waals surface area contributed by atoms with Crippen LogP contribution in [0.3, 0.4) is 0 Å². The number of anilines is 2. The van der Waals surface area contributed by atoms with Crippen LogP contribution < -0.4 is 16.5 Å². The lowest BCUT2D eigenvalue weighted by Gasteiger charge is -2.06. The number of hydrogen-bond donors (Lipinski definition) is 3. The second-order valence-corrected chi connectivity index (χ2v) is 6.42. The fraction of sp³-hybridized carbons (Fsp3) is 0.278. The molecule has 0 aliphatic carbocycles. The highest BCUT2D eigenvalue weighted by Crippen LogP contribution is 2.17. The van der Waals surface area contributed by atoms with E-state index in [-0.39, 0.29) is 23.2 Å². The summed E-state index contributed by atoms with van der Waals surface area (Å²) < 4.78 is 5.93. The Morgan fingerprint density at radius 1 is 1.27 bits per heavy atom. The molecule has 3 aromatic rings. The van der Waals surface area contributed by atoms with Crippen molar-refractivity contribution in [3.05, 3.63) is 41.2 Å². The van der Waals surface area contributed by atoms with Crippen LogP contribution in [0.5, 0.6) is 0 Å². The number of rotatable bonds is 7. The Morgan fingerprint density at radius 3 is 2.73 bits per heavy atom. The number of amides is 2. The second-order valence-electron chi connectivity index (χ2n) is 6.42. The van der Waals surface area contributed by atoms with Crippen molar-refractivity contribution in [1.29, 1.82) is 0 Å². The zero-order valence-electron chi connectivity index (χ0n) is 16.7. The largest absolute Gasteiger partial charge is 0.378 e. The third kappa shape index (κ3) is 4.48. The molecule has 0 aliphatic heterocycles. The monoisotopic (exact) mass is 411 g/mol. The van der Waals surface area contributed by atoms with Crippen LogP contribution in [0.4, 0.5) is 11.5 Å². The van der Waals surface area contributed by atoms with Crippen LogP contribution in [0.15, 0.2) is 34.0 Å². The molecule has 0 spiro atoms. The Morgan fingerprint density at radius 2 is 2.07 bits per heavy atom. The highest BCUT2D eigenvalue weighted by atomic mass is 16.6. The summed E-state index contributed by atoms with van der Waals surface area (Å²) in [4.78, 5) is 23.9. The van der Waals surface area contributed by atoms with Gasteiger partial charge in [0, 0.05) is 12.6 Å². The Labute approximate surface area is 171 Å². The Kier molecular flexibility index (Phi) is 6.15. The number of hydrogen-bond acceptors (Lipinski definition) is 9. The van der Waals surface area contributed by atoms with Crippen molar-refractivity contribution in [3.63, 3.8) is 0 Å². The topological polar surface area (TPSA) is 166 Å². The first kappa shape index (κ1) is 20.6. The molecular formula is C18H21N9O3. The van der Waals surface area contributed by atoms with Gasteiger partial charge >= 0.3 is 0 Å². The number of nitrogens with one attached hydrogen (secondary N) is 2. The van der Waals surface area contributed by atoms with Crippen LogP contribution in [0.25, 0.3) is 5.82 Å². The lowest BCUT2D eigenvalue weighted by molar-refractivity contribution is -0.114. The molecule has 0 bridgehead atoms. The van der Waals surface area contributed by atoms with Crippen LogP contribution in [-0.4, -0.2) is 42.8 Å². The van der Waals surface area contributed by atoms with E-state index in [0.717, 1.165) is 12.0 Å². The van der Waals surface area contributed by atoms with Gasteiger partial charge < -0.3 is 11.1 Å². The number of nitrogen functional groups attached to an aromatic ring is 1. The van der Waals surface area contributed by atoms with Gasteiger partial charge in [0.05, 0.1) is 11.4 Å². The predicted octanol–water partition coefficient (Wildman–Crippen LogP) is 1.30. The summed E-state index contributed by atoms with van der Waals surface area (Å²) in [6.45, 7) is 5.12. The molecule has 2 aromatic heterocycles. The highest BCUT2D eigenvalue weighted by molar-refractivity contribution is 6.02. The first-order chi connectivity index (χ1) is 14.4. The van der Waals surface area contributed by atoms with Gasteiger partial charge in [-0.1, -0.05) is 30.7 Å². The quantitative estimate of drug-likeness (QED) is 0.386. The molecule has 3 rings (SSSR count). The molecule has 0 fully saturated rings. The van der Waals surface area contributed by atoms with Gasteiger partial charge in [-0.05, 0) is 41.4 Å². The minimum atomic E-state index is -0.530. The zero-order valence-corrected chi connectivity index (χ0v) is 16.7. The molecule has 1 aromatic carbocycles. The van der Waals surface area contributed by atoms with E-state index < -0.39 is 5.91 Å². The fourth-order valence-corrected chi connectivity index (χ4v) is 2.72. The summed E-state index contributed by atoms with van der Waals surface area (Å²) >= 11 is 0. The van der Waals surface area contributed by atoms with Crippen LogP contribution in [0.1, 0.15) is 48.9 Å². The lowest BCUT2D eigenvalue weighted by atomic mass is 10.1. The maximum atomic E-state index is 12.7. The van der Waals surface area contributed by atoms with Crippen molar-refractivity contribution in [2.75, 3.05) is 11.1 Å². The molecule has 2 heterocycles. The van der Waals surface area contributed by atoms with Gasteiger partial charge in [0.25, 0.3) is 5.91 Å². The van der Waals surface area contributed by atoms with E-state index in [2.05, 4.69) is 41.1 Å². The molecule has 0 saturated carbocycles. The number of carbonyl (C=O) groups excluding carboxylic acids is 2. The minimum Gasteiger partial charge on any atom is -0.378 e. The minimum absolute atomic E-state index is 0.0390. The van der Waals surface area contributed by atoms with Gasteiger partial charge in [-0.3, -0.25) is 9.59 Å². The smallest absolute Gasteiger partial charge is 0.293 e. The van der Waals surface area contributed by atoms with Crippen molar-refractivity contribution in [2.45, 2.75) is 33.6 Å². The molecule has 2 amide bonds. The molecule has 30 heavy (non-hydrogen) atoms. The maximum Gasteiger partial charge on any atom is 0.293 e. The summed E-state index contributed by atoms with van der Waals surface area (Å²) in [5.74, 6) is -0.502. The van der Waals surface area contributed by atoms with Crippen LogP contribution in [-0.2, 0) is 11.2 Å². The lowest BCUT2D eigenvalue weighted by Crippen LogP contribution is -2.21. The van der Waals surface area contributed by atoms with E-state index in [0.29, 0.717) is 23.5 Å². The second kappa shape index (κ2) is 8.94. The Bertz CT molecular complexity index is 1100. The zero-order chi connectivity index (χ0) is 21.7. The van der Waals surface area contributed by atoms with E-state index in [1.165, 1.54) is 11.6 Å². The normalized spacial score (nSPS) is 11.4. The first-order valence-corrected chi connectivity index (χ1v) is 9.16. The molecule has 4 N–H and O–H groups in total. The molecule has 12 nitrogen and oxygen atoms in total. The maximum absolute atomic E-state index is 12.7. The molecule has 0 radical (unpaired) electrons. The molecule has 0 unspecified atom stereocenters. The Balaban J connectivity index is 1.81. The fourth-order valence-electron chi connectivity index (χ4n) is 2.72. The van der Waals surface area contributed by atoms with Crippen molar-refractivity contribution in [1.82, 2.24) is 30.7 Å². The van der Waals surface area contributed by atoms with E-state index in [9.17, 15) is 9.59 Å². The van der Waals surface area contributed by atoms with Crippen molar-refractivity contribution in [3.8, 4) is 5.82 Å². The van der Waals surface area contributed by atoms with Crippen molar-refractivity contribution >= 4 is 29.0 Å². The number of carbonyl (C=O) groups is 2. The highest BCUT2D eigenvalue weighted by Gasteiger charge is 2.23. The molecule has 12 heteroatoms. The van der Waals surface area contributed by atoms with Crippen molar-refractivity contribution in [2.24, 2.45) is 5.10 Å². The average Bonchev–Trinajstić information content (AvgIpc) is 3.31. The number of nitrogens with zero attached hydrogens (tertiary/aromatic N) is 6. The van der Waals surface area contributed by atoms with Gasteiger partial charge in [-0.15, -0.1) is 5.10 Å². The van der Waals surface area contributed by atoms with Crippen LogP contribution >= 0.6 is 0 Å². The number of aromatic nitrogens is 5.